The molecule has 3 heteroatoms. The molecule has 0 fully saturated rings. The summed E-state index contributed by atoms with van der Waals surface area (Å²) in [5, 5.41) is 11.7. The number of carbonyl (C=O) groups excluding carboxylic acids is 1. The molecular formula is C10H17NO2. The molecule has 0 saturated heterocycles. The van der Waals surface area contributed by atoms with Gasteiger partial charge in [-0.05, 0) is 26.2 Å². The van der Waals surface area contributed by atoms with Gasteiger partial charge in [0.15, 0.2) is 0 Å². The molecule has 0 aromatic heterocycles. The van der Waals surface area contributed by atoms with E-state index in [0.717, 1.165) is 19.3 Å². The molecule has 1 unspecified atom stereocenters. The Labute approximate surface area is 78.8 Å². The van der Waals surface area contributed by atoms with Crippen molar-refractivity contribution in [2.75, 3.05) is 6.54 Å². The van der Waals surface area contributed by atoms with Gasteiger partial charge in [0.2, 0.25) is 5.91 Å². The lowest BCUT2D eigenvalue weighted by atomic mass is 9.94. The van der Waals surface area contributed by atoms with Crippen LogP contribution in [0.25, 0.3) is 0 Å². The maximum Gasteiger partial charge on any atom is 0.223 e. The summed E-state index contributed by atoms with van der Waals surface area (Å²) in [6.45, 7) is 2.03. The van der Waals surface area contributed by atoms with E-state index in [1.54, 1.807) is 6.92 Å². The first-order chi connectivity index (χ1) is 6.20. The van der Waals surface area contributed by atoms with E-state index >= 15 is 0 Å². The van der Waals surface area contributed by atoms with Crippen molar-refractivity contribution < 1.29 is 9.90 Å². The molecule has 1 aliphatic carbocycles. The lowest BCUT2D eigenvalue weighted by Crippen LogP contribution is -2.35. The zero-order chi connectivity index (χ0) is 9.68. The number of amides is 1. The van der Waals surface area contributed by atoms with Crippen LogP contribution in [0.15, 0.2) is 12.2 Å². The second kappa shape index (κ2) is 5.02. The van der Waals surface area contributed by atoms with E-state index in [4.69, 9.17) is 5.11 Å². The molecule has 3 nitrogen and oxygen atoms in total. The summed E-state index contributed by atoms with van der Waals surface area (Å²) >= 11 is 0. The number of carbonyl (C=O) groups is 1. The van der Waals surface area contributed by atoms with Gasteiger partial charge in [-0.3, -0.25) is 4.79 Å². The van der Waals surface area contributed by atoms with Crippen LogP contribution in [0.2, 0.25) is 0 Å². The second-order valence-corrected chi connectivity index (χ2v) is 3.58. The Kier molecular flexibility index (Phi) is 3.96. The van der Waals surface area contributed by atoms with E-state index in [9.17, 15) is 4.79 Å². The summed E-state index contributed by atoms with van der Waals surface area (Å²) in [6.07, 6.45) is 6.47. The molecule has 0 saturated carbocycles. The van der Waals surface area contributed by atoms with Gasteiger partial charge in [-0.25, -0.2) is 0 Å². The topological polar surface area (TPSA) is 49.3 Å². The molecule has 13 heavy (non-hydrogen) atoms. The van der Waals surface area contributed by atoms with Crippen LogP contribution in [0, 0.1) is 5.92 Å². The third kappa shape index (κ3) is 3.59. The van der Waals surface area contributed by atoms with Crippen LogP contribution < -0.4 is 5.32 Å². The summed E-state index contributed by atoms with van der Waals surface area (Å²) in [6, 6.07) is 0. The summed E-state index contributed by atoms with van der Waals surface area (Å²) < 4.78 is 0. The number of hydrogen-bond donors (Lipinski definition) is 2. The zero-order valence-electron chi connectivity index (χ0n) is 7.99. The van der Waals surface area contributed by atoms with Crippen molar-refractivity contribution in [2.45, 2.75) is 32.3 Å². The van der Waals surface area contributed by atoms with Crippen LogP contribution in [0.5, 0.6) is 0 Å². The highest BCUT2D eigenvalue weighted by Gasteiger charge is 2.18. The molecule has 2 atom stereocenters. The highest BCUT2D eigenvalue weighted by atomic mass is 16.3. The molecule has 0 heterocycles. The largest absolute Gasteiger partial charge is 0.392 e. The number of rotatable bonds is 3. The van der Waals surface area contributed by atoms with E-state index in [1.165, 1.54) is 0 Å². The third-order valence-corrected chi connectivity index (χ3v) is 2.21. The summed E-state index contributed by atoms with van der Waals surface area (Å²) in [7, 11) is 0. The fourth-order valence-corrected chi connectivity index (χ4v) is 1.42. The quantitative estimate of drug-likeness (QED) is 0.637. The molecule has 0 spiro atoms. The Morgan fingerprint density at radius 1 is 1.69 bits per heavy atom. The third-order valence-electron chi connectivity index (χ3n) is 2.21. The van der Waals surface area contributed by atoms with E-state index < -0.39 is 6.10 Å². The molecular weight excluding hydrogens is 166 g/mol. The minimum atomic E-state index is -0.455. The first-order valence-electron chi connectivity index (χ1n) is 4.81. The SMILES string of the molecule is C[C@@H](O)CNC(=O)C1CC=CCC1. The Morgan fingerprint density at radius 3 is 3.00 bits per heavy atom. The van der Waals surface area contributed by atoms with Gasteiger partial charge in [-0.2, -0.15) is 0 Å². The van der Waals surface area contributed by atoms with Gasteiger partial charge in [0.05, 0.1) is 6.10 Å². The van der Waals surface area contributed by atoms with Gasteiger partial charge in [0, 0.05) is 12.5 Å². The van der Waals surface area contributed by atoms with Gasteiger partial charge in [-0.1, -0.05) is 12.2 Å². The molecule has 0 aliphatic heterocycles. The van der Waals surface area contributed by atoms with Crippen LogP contribution in [0.4, 0.5) is 0 Å². The fraction of sp³-hybridized carbons (Fsp3) is 0.700. The van der Waals surface area contributed by atoms with Gasteiger partial charge >= 0.3 is 0 Å². The first kappa shape index (κ1) is 10.3. The molecule has 0 aromatic rings. The lowest BCUT2D eigenvalue weighted by molar-refractivity contribution is -0.125. The second-order valence-electron chi connectivity index (χ2n) is 3.58. The number of aliphatic hydroxyl groups is 1. The standard InChI is InChI=1S/C10H17NO2/c1-8(12)7-11-10(13)9-5-3-2-4-6-9/h2-3,8-9,12H,4-7H2,1H3,(H,11,13)/t8-,9?/m1/s1. The van der Waals surface area contributed by atoms with Crippen LogP contribution >= 0.6 is 0 Å². The van der Waals surface area contributed by atoms with Crippen molar-refractivity contribution >= 4 is 5.91 Å². The molecule has 2 N–H and O–H groups in total. The van der Waals surface area contributed by atoms with Gasteiger partial charge in [0.1, 0.15) is 0 Å². The molecule has 1 rings (SSSR count). The molecule has 1 aliphatic rings. The van der Waals surface area contributed by atoms with Crippen LogP contribution in [0.3, 0.4) is 0 Å². The van der Waals surface area contributed by atoms with E-state index in [0.29, 0.717) is 6.54 Å². The molecule has 1 amide bonds. The minimum Gasteiger partial charge on any atom is -0.392 e. The van der Waals surface area contributed by atoms with E-state index in [2.05, 4.69) is 17.5 Å². The molecule has 74 valence electrons. The summed E-state index contributed by atoms with van der Waals surface area (Å²) in [4.78, 5) is 11.4. The van der Waals surface area contributed by atoms with Gasteiger partial charge in [-0.15, -0.1) is 0 Å². The van der Waals surface area contributed by atoms with Crippen molar-refractivity contribution in [1.82, 2.24) is 5.32 Å². The Morgan fingerprint density at radius 2 is 2.46 bits per heavy atom. The average molecular weight is 183 g/mol. The average Bonchev–Trinajstić information content (AvgIpc) is 2.15. The first-order valence-corrected chi connectivity index (χ1v) is 4.81. The van der Waals surface area contributed by atoms with Crippen LogP contribution in [-0.4, -0.2) is 23.7 Å². The Balaban J connectivity index is 2.26. The normalized spacial score (nSPS) is 24.0. The molecule has 0 aromatic carbocycles. The Hall–Kier alpha value is -0.830. The minimum absolute atomic E-state index is 0.0743. The van der Waals surface area contributed by atoms with E-state index in [1.807, 2.05) is 0 Å². The van der Waals surface area contributed by atoms with Crippen molar-refractivity contribution in [1.29, 1.82) is 0 Å². The van der Waals surface area contributed by atoms with Crippen LogP contribution in [-0.2, 0) is 4.79 Å². The van der Waals surface area contributed by atoms with Gasteiger partial charge < -0.3 is 10.4 Å². The lowest BCUT2D eigenvalue weighted by Gasteiger charge is -2.17. The predicted molar refractivity (Wildman–Crippen MR) is 51.2 cm³/mol. The number of allylic oxidation sites excluding steroid dienone is 2. The molecule has 0 radical (unpaired) electrons. The monoisotopic (exact) mass is 183 g/mol. The zero-order valence-corrected chi connectivity index (χ0v) is 7.99. The van der Waals surface area contributed by atoms with Crippen LogP contribution in [0.1, 0.15) is 26.2 Å². The molecule has 0 bridgehead atoms. The maximum absolute atomic E-state index is 11.4. The van der Waals surface area contributed by atoms with Crippen molar-refractivity contribution in [2.24, 2.45) is 5.92 Å². The maximum atomic E-state index is 11.4. The highest BCUT2D eigenvalue weighted by molar-refractivity contribution is 5.78. The number of aliphatic hydroxyl groups excluding tert-OH is 1. The number of hydrogen-bond acceptors (Lipinski definition) is 2. The van der Waals surface area contributed by atoms with E-state index in [-0.39, 0.29) is 11.8 Å². The fourth-order valence-electron chi connectivity index (χ4n) is 1.42. The predicted octanol–water partition coefficient (Wildman–Crippen LogP) is 0.840. The summed E-state index contributed by atoms with van der Waals surface area (Å²) in [5.41, 5.74) is 0. The van der Waals surface area contributed by atoms with Crippen molar-refractivity contribution in [3.63, 3.8) is 0 Å². The van der Waals surface area contributed by atoms with Crippen molar-refractivity contribution in [3.8, 4) is 0 Å². The number of nitrogens with one attached hydrogen (secondary N) is 1. The summed E-state index contributed by atoms with van der Waals surface area (Å²) in [5.74, 6) is 0.189. The smallest absolute Gasteiger partial charge is 0.223 e. The highest BCUT2D eigenvalue weighted by Crippen LogP contribution is 2.17. The van der Waals surface area contributed by atoms with Crippen molar-refractivity contribution in [3.05, 3.63) is 12.2 Å². The van der Waals surface area contributed by atoms with Gasteiger partial charge in [0.25, 0.3) is 0 Å². The Bertz CT molecular complexity index is 199.